The van der Waals surface area contributed by atoms with Crippen LogP contribution in [0.4, 0.5) is 14.5 Å². The second-order valence-electron chi connectivity index (χ2n) is 6.90. The van der Waals surface area contributed by atoms with E-state index in [0.717, 1.165) is 6.07 Å². The molecule has 0 unspecified atom stereocenters. The molecule has 1 heterocycles. The van der Waals surface area contributed by atoms with Gasteiger partial charge in [-0.15, -0.1) is 0 Å². The summed E-state index contributed by atoms with van der Waals surface area (Å²) in [5.41, 5.74) is 1.00. The maximum atomic E-state index is 13.3. The average molecular weight is 437 g/mol. The molecule has 160 valence electrons. The number of carbonyl (C=O) groups excluding carboxylic acids is 2. The van der Waals surface area contributed by atoms with E-state index in [2.05, 4.69) is 4.72 Å². The van der Waals surface area contributed by atoms with Crippen molar-refractivity contribution < 1.29 is 26.8 Å². The van der Waals surface area contributed by atoms with Crippen molar-refractivity contribution in [2.24, 2.45) is 0 Å². The number of halogens is 2. The Morgan fingerprint density at radius 3 is 2.27 bits per heavy atom. The lowest BCUT2D eigenvalue weighted by Crippen LogP contribution is -2.51. The fourth-order valence-corrected chi connectivity index (χ4v) is 3.73. The number of anilines is 1. The highest BCUT2D eigenvalue weighted by molar-refractivity contribution is 7.92. The molecule has 0 saturated carbocycles. The lowest BCUT2D eigenvalue weighted by molar-refractivity contribution is -0.135. The Bertz CT molecular complexity index is 1040. The van der Waals surface area contributed by atoms with E-state index < -0.39 is 21.7 Å². The van der Waals surface area contributed by atoms with E-state index in [4.69, 9.17) is 0 Å². The summed E-state index contributed by atoms with van der Waals surface area (Å²) < 4.78 is 52.3. The van der Waals surface area contributed by atoms with Crippen molar-refractivity contribution in [3.05, 3.63) is 65.2 Å². The first kappa shape index (κ1) is 21.7. The fraction of sp³-hybridized carbons (Fsp3) is 0.300. The van der Waals surface area contributed by atoms with Crippen LogP contribution in [0.15, 0.2) is 42.5 Å². The minimum Gasteiger partial charge on any atom is -0.335 e. The summed E-state index contributed by atoms with van der Waals surface area (Å²) >= 11 is 0. The zero-order valence-corrected chi connectivity index (χ0v) is 17.1. The standard InChI is InChI=1S/C20H21F2N3O4S/c1-2-30(28,29)23-18-5-3-15(4-6-18)20(27)25-8-7-24(19(26)13-25)12-14-9-16(21)11-17(22)10-14/h3-6,9-11,23H,2,7-8,12-13H2,1H3. The Balaban J connectivity index is 1.62. The number of nitrogens with one attached hydrogen (secondary N) is 1. The Labute approximate surface area is 173 Å². The molecule has 2 aromatic carbocycles. The summed E-state index contributed by atoms with van der Waals surface area (Å²) in [5, 5.41) is 0. The highest BCUT2D eigenvalue weighted by Crippen LogP contribution is 2.17. The normalized spacial score (nSPS) is 14.7. The second-order valence-corrected chi connectivity index (χ2v) is 8.91. The smallest absolute Gasteiger partial charge is 0.254 e. The third kappa shape index (κ3) is 5.32. The van der Waals surface area contributed by atoms with Crippen LogP contribution in [-0.4, -0.2) is 55.4 Å². The molecule has 10 heteroatoms. The minimum atomic E-state index is -3.41. The minimum absolute atomic E-state index is 0.0574. The topological polar surface area (TPSA) is 86.8 Å². The molecule has 1 fully saturated rings. The lowest BCUT2D eigenvalue weighted by atomic mass is 10.1. The molecule has 2 aromatic rings. The molecule has 1 aliphatic rings. The van der Waals surface area contributed by atoms with Crippen molar-refractivity contribution in [1.29, 1.82) is 0 Å². The van der Waals surface area contributed by atoms with Crippen LogP contribution in [0.25, 0.3) is 0 Å². The van der Waals surface area contributed by atoms with Crippen LogP contribution < -0.4 is 4.72 Å². The SMILES string of the molecule is CCS(=O)(=O)Nc1ccc(C(=O)N2CCN(Cc3cc(F)cc(F)c3)C(=O)C2)cc1. The number of carbonyl (C=O) groups is 2. The molecule has 0 bridgehead atoms. The largest absolute Gasteiger partial charge is 0.335 e. The van der Waals surface area contributed by atoms with E-state index in [1.165, 1.54) is 53.1 Å². The van der Waals surface area contributed by atoms with Crippen LogP contribution in [-0.2, 0) is 21.4 Å². The Morgan fingerprint density at radius 2 is 1.70 bits per heavy atom. The number of sulfonamides is 1. The van der Waals surface area contributed by atoms with E-state index in [-0.39, 0.29) is 43.7 Å². The van der Waals surface area contributed by atoms with Crippen molar-refractivity contribution in [3.8, 4) is 0 Å². The molecular weight excluding hydrogens is 416 g/mol. The summed E-state index contributed by atoms with van der Waals surface area (Å²) in [5.74, 6) is -2.18. The van der Waals surface area contributed by atoms with Gasteiger partial charge in [-0.2, -0.15) is 0 Å². The summed E-state index contributed by atoms with van der Waals surface area (Å²) in [4.78, 5) is 27.9. The van der Waals surface area contributed by atoms with Gasteiger partial charge in [0.05, 0.1) is 5.75 Å². The Morgan fingerprint density at radius 1 is 1.07 bits per heavy atom. The molecule has 0 aliphatic carbocycles. The van der Waals surface area contributed by atoms with Gasteiger partial charge in [0.2, 0.25) is 15.9 Å². The summed E-state index contributed by atoms with van der Waals surface area (Å²) in [7, 11) is -3.41. The first-order valence-electron chi connectivity index (χ1n) is 9.29. The van der Waals surface area contributed by atoms with Gasteiger partial charge < -0.3 is 9.80 Å². The number of rotatable bonds is 6. The van der Waals surface area contributed by atoms with Crippen LogP contribution in [0.2, 0.25) is 0 Å². The first-order valence-corrected chi connectivity index (χ1v) is 10.9. The highest BCUT2D eigenvalue weighted by atomic mass is 32.2. The van der Waals surface area contributed by atoms with Crippen molar-refractivity contribution in [2.75, 3.05) is 30.1 Å². The van der Waals surface area contributed by atoms with Crippen molar-refractivity contribution in [3.63, 3.8) is 0 Å². The summed E-state index contributed by atoms with van der Waals surface area (Å²) in [6.45, 7) is 1.92. The molecule has 1 N–H and O–H groups in total. The van der Waals surface area contributed by atoms with E-state index >= 15 is 0 Å². The quantitative estimate of drug-likeness (QED) is 0.751. The number of hydrogen-bond acceptors (Lipinski definition) is 4. The molecule has 30 heavy (non-hydrogen) atoms. The van der Waals surface area contributed by atoms with Crippen molar-refractivity contribution >= 4 is 27.5 Å². The van der Waals surface area contributed by atoms with Crippen LogP contribution in [0.5, 0.6) is 0 Å². The van der Waals surface area contributed by atoms with E-state index in [9.17, 15) is 26.8 Å². The van der Waals surface area contributed by atoms with Crippen LogP contribution in [0.3, 0.4) is 0 Å². The number of benzene rings is 2. The number of amides is 2. The van der Waals surface area contributed by atoms with Crippen molar-refractivity contribution in [2.45, 2.75) is 13.5 Å². The molecule has 0 atom stereocenters. The Hall–Kier alpha value is -3.01. The number of hydrogen-bond donors (Lipinski definition) is 1. The maximum absolute atomic E-state index is 13.3. The van der Waals surface area contributed by atoms with Gasteiger partial charge in [0.25, 0.3) is 5.91 Å². The molecule has 2 amide bonds. The number of nitrogens with zero attached hydrogens (tertiary/aromatic N) is 2. The van der Waals surface area contributed by atoms with E-state index in [1.54, 1.807) is 0 Å². The second kappa shape index (κ2) is 8.78. The summed E-state index contributed by atoms with van der Waals surface area (Å²) in [6, 6.07) is 9.04. The monoisotopic (exact) mass is 437 g/mol. The van der Waals surface area contributed by atoms with Gasteiger partial charge in [0.1, 0.15) is 18.2 Å². The molecule has 0 spiro atoms. The molecule has 3 rings (SSSR count). The van der Waals surface area contributed by atoms with Crippen LogP contribution in [0.1, 0.15) is 22.8 Å². The molecule has 1 saturated heterocycles. The van der Waals surface area contributed by atoms with Gasteiger partial charge in [-0.3, -0.25) is 14.3 Å². The Kier molecular flexibility index (Phi) is 6.35. The average Bonchev–Trinajstić information content (AvgIpc) is 2.68. The highest BCUT2D eigenvalue weighted by Gasteiger charge is 2.28. The van der Waals surface area contributed by atoms with Gasteiger partial charge in [-0.1, -0.05) is 0 Å². The van der Waals surface area contributed by atoms with Crippen molar-refractivity contribution in [1.82, 2.24) is 9.80 Å². The first-order chi connectivity index (χ1) is 14.2. The van der Waals surface area contributed by atoms with Crippen LogP contribution in [0, 0.1) is 11.6 Å². The third-order valence-corrected chi connectivity index (χ3v) is 5.99. The molecular formula is C20H21F2N3O4S. The predicted molar refractivity (Wildman–Crippen MR) is 107 cm³/mol. The molecule has 0 radical (unpaired) electrons. The van der Waals surface area contributed by atoms with E-state index in [0.29, 0.717) is 16.8 Å². The van der Waals surface area contributed by atoms with Gasteiger partial charge in [-0.05, 0) is 48.9 Å². The van der Waals surface area contributed by atoms with Crippen LogP contribution >= 0.6 is 0 Å². The fourth-order valence-electron chi connectivity index (χ4n) is 3.09. The van der Waals surface area contributed by atoms with Gasteiger partial charge in [-0.25, -0.2) is 17.2 Å². The van der Waals surface area contributed by atoms with Gasteiger partial charge in [0, 0.05) is 37.0 Å². The van der Waals surface area contributed by atoms with E-state index in [1.807, 2.05) is 0 Å². The van der Waals surface area contributed by atoms with Gasteiger partial charge in [0.15, 0.2) is 0 Å². The lowest BCUT2D eigenvalue weighted by Gasteiger charge is -2.34. The molecule has 1 aliphatic heterocycles. The predicted octanol–water partition coefficient (Wildman–Crippen LogP) is 2.21. The molecule has 7 nitrogen and oxygen atoms in total. The zero-order chi connectivity index (χ0) is 21.9. The summed E-state index contributed by atoms with van der Waals surface area (Å²) in [6.07, 6.45) is 0. The number of piperazine rings is 1. The van der Waals surface area contributed by atoms with Gasteiger partial charge >= 0.3 is 0 Å². The maximum Gasteiger partial charge on any atom is 0.254 e. The third-order valence-electron chi connectivity index (χ3n) is 4.69. The molecule has 0 aromatic heterocycles. The zero-order valence-electron chi connectivity index (χ0n) is 16.3.